The van der Waals surface area contributed by atoms with Crippen LogP contribution in [0.2, 0.25) is 0 Å². The van der Waals surface area contributed by atoms with Crippen LogP contribution in [0.5, 0.6) is 0 Å². The van der Waals surface area contributed by atoms with Crippen LogP contribution in [-0.2, 0) is 11.3 Å². The number of aliphatic hydroxyl groups is 1. The molecule has 0 unspecified atom stereocenters. The van der Waals surface area contributed by atoms with Gasteiger partial charge in [0.25, 0.3) is 0 Å². The average Bonchev–Trinajstić information content (AvgIpc) is 3.05. The number of likely N-dealkylation sites (tertiary alicyclic amines) is 2. The number of amides is 1. The molecule has 2 fully saturated rings. The Balaban J connectivity index is 1.44. The lowest BCUT2D eigenvalue weighted by atomic mass is 9.95. The predicted octanol–water partition coefficient (Wildman–Crippen LogP) is 1.20. The summed E-state index contributed by atoms with van der Waals surface area (Å²) in [6, 6.07) is 0. The summed E-state index contributed by atoms with van der Waals surface area (Å²) in [6.07, 6.45) is 5.97. The Labute approximate surface area is 145 Å². The van der Waals surface area contributed by atoms with E-state index in [0.29, 0.717) is 18.9 Å². The van der Waals surface area contributed by atoms with Gasteiger partial charge in [-0.25, -0.2) is 0 Å². The second kappa shape index (κ2) is 7.32. The molecular formula is C16H25BrN4O2. The Morgan fingerprint density at radius 1 is 1.39 bits per heavy atom. The highest BCUT2D eigenvalue weighted by molar-refractivity contribution is 9.10. The standard InChI is InChI=1S/C16H25BrN4O2/c1-19-9-13(15(22)11-19)6-16(23)20-4-2-12(3-5-20)8-21-10-14(17)7-18-21/h7,10,12-13,15,22H,2-6,8-9,11H2,1H3/t13-,15-/m1/s1. The molecule has 2 aliphatic rings. The molecule has 0 aliphatic carbocycles. The maximum Gasteiger partial charge on any atom is 0.222 e. The Kier molecular flexibility index (Phi) is 5.38. The number of rotatable bonds is 4. The molecule has 23 heavy (non-hydrogen) atoms. The maximum atomic E-state index is 12.4. The lowest BCUT2D eigenvalue weighted by Gasteiger charge is -2.32. The summed E-state index contributed by atoms with van der Waals surface area (Å²) in [5, 5.41) is 14.3. The molecule has 1 aromatic heterocycles. The number of hydrogen-bond acceptors (Lipinski definition) is 4. The van der Waals surface area contributed by atoms with Crippen molar-refractivity contribution in [1.29, 1.82) is 0 Å². The predicted molar refractivity (Wildman–Crippen MR) is 90.8 cm³/mol. The first-order valence-corrected chi connectivity index (χ1v) is 9.13. The summed E-state index contributed by atoms with van der Waals surface area (Å²) >= 11 is 3.42. The van der Waals surface area contributed by atoms with Crippen LogP contribution >= 0.6 is 15.9 Å². The first-order valence-electron chi connectivity index (χ1n) is 8.33. The Bertz CT molecular complexity index is 542. The third-order valence-electron chi connectivity index (χ3n) is 5.04. The molecule has 0 spiro atoms. The van der Waals surface area contributed by atoms with Crippen molar-refractivity contribution in [1.82, 2.24) is 19.6 Å². The summed E-state index contributed by atoms with van der Waals surface area (Å²) in [6.45, 7) is 4.06. The third-order valence-corrected chi connectivity index (χ3v) is 5.45. The molecule has 128 valence electrons. The van der Waals surface area contributed by atoms with Gasteiger partial charge in [0.2, 0.25) is 5.91 Å². The fraction of sp³-hybridized carbons (Fsp3) is 0.750. The van der Waals surface area contributed by atoms with Crippen LogP contribution in [0.3, 0.4) is 0 Å². The molecule has 6 nitrogen and oxygen atoms in total. The van der Waals surface area contributed by atoms with Crippen LogP contribution in [0.1, 0.15) is 19.3 Å². The molecule has 7 heteroatoms. The lowest BCUT2D eigenvalue weighted by molar-refractivity contribution is -0.134. The first-order chi connectivity index (χ1) is 11.0. The highest BCUT2D eigenvalue weighted by Gasteiger charge is 2.33. The van der Waals surface area contributed by atoms with Crippen molar-refractivity contribution in [2.45, 2.75) is 31.9 Å². The maximum absolute atomic E-state index is 12.4. The third kappa shape index (κ3) is 4.33. The summed E-state index contributed by atoms with van der Waals surface area (Å²) in [5.74, 6) is 0.866. The fourth-order valence-corrected chi connectivity index (χ4v) is 4.01. The van der Waals surface area contributed by atoms with Gasteiger partial charge in [-0.1, -0.05) is 0 Å². The Morgan fingerprint density at radius 2 is 2.13 bits per heavy atom. The molecule has 0 radical (unpaired) electrons. The van der Waals surface area contributed by atoms with Gasteiger partial charge in [-0.05, 0) is 41.7 Å². The van der Waals surface area contributed by atoms with Crippen molar-refractivity contribution in [2.75, 3.05) is 33.2 Å². The van der Waals surface area contributed by atoms with Crippen molar-refractivity contribution in [3.8, 4) is 0 Å². The van der Waals surface area contributed by atoms with E-state index in [2.05, 4.69) is 25.9 Å². The molecular weight excluding hydrogens is 360 g/mol. The number of carbonyl (C=O) groups is 1. The zero-order valence-electron chi connectivity index (χ0n) is 13.6. The zero-order valence-corrected chi connectivity index (χ0v) is 15.2. The van der Waals surface area contributed by atoms with Crippen molar-refractivity contribution < 1.29 is 9.90 Å². The molecule has 0 bridgehead atoms. The van der Waals surface area contributed by atoms with Crippen LogP contribution < -0.4 is 0 Å². The van der Waals surface area contributed by atoms with Gasteiger partial charge in [0.05, 0.1) is 16.8 Å². The van der Waals surface area contributed by atoms with Gasteiger partial charge in [0.1, 0.15) is 0 Å². The summed E-state index contributed by atoms with van der Waals surface area (Å²) < 4.78 is 2.97. The van der Waals surface area contributed by atoms with Crippen molar-refractivity contribution in [3.63, 3.8) is 0 Å². The van der Waals surface area contributed by atoms with Gasteiger partial charge in [-0.15, -0.1) is 0 Å². The first kappa shape index (κ1) is 16.9. The number of nitrogens with zero attached hydrogens (tertiary/aromatic N) is 4. The minimum atomic E-state index is -0.361. The highest BCUT2D eigenvalue weighted by atomic mass is 79.9. The van der Waals surface area contributed by atoms with E-state index in [4.69, 9.17) is 0 Å². The number of hydrogen-bond donors (Lipinski definition) is 1. The minimum absolute atomic E-state index is 0.0895. The van der Waals surface area contributed by atoms with E-state index in [1.165, 1.54) is 0 Å². The molecule has 1 amide bonds. The van der Waals surface area contributed by atoms with E-state index in [-0.39, 0.29) is 17.9 Å². The van der Waals surface area contributed by atoms with Crippen LogP contribution in [0.4, 0.5) is 0 Å². The molecule has 2 atom stereocenters. The molecule has 2 aliphatic heterocycles. The summed E-state index contributed by atoms with van der Waals surface area (Å²) in [5.41, 5.74) is 0. The van der Waals surface area contributed by atoms with Crippen molar-refractivity contribution >= 4 is 21.8 Å². The Morgan fingerprint density at radius 3 is 2.70 bits per heavy atom. The number of piperidine rings is 1. The van der Waals surface area contributed by atoms with Gasteiger partial charge < -0.3 is 14.9 Å². The number of carbonyl (C=O) groups excluding carboxylic acids is 1. The Hall–Kier alpha value is -0.920. The van der Waals surface area contributed by atoms with Crippen LogP contribution in [0.15, 0.2) is 16.9 Å². The monoisotopic (exact) mass is 384 g/mol. The molecule has 0 aromatic carbocycles. The molecule has 2 saturated heterocycles. The van der Waals surface area contributed by atoms with E-state index in [1.54, 1.807) is 0 Å². The second-order valence-electron chi connectivity index (χ2n) is 6.96. The fourth-order valence-electron chi connectivity index (χ4n) is 3.69. The number of likely N-dealkylation sites (N-methyl/N-ethyl adjacent to an activating group) is 1. The number of aliphatic hydroxyl groups excluding tert-OH is 1. The van der Waals surface area contributed by atoms with Crippen molar-refractivity contribution in [2.24, 2.45) is 11.8 Å². The van der Waals surface area contributed by atoms with Gasteiger partial charge in [-0.2, -0.15) is 5.10 Å². The summed E-state index contributed by atoms with van der Waals surface area (Å²) in [7, 11) is 1.99. The largest absolute Gasteiger partial charge is 0.391 e. The smallest absolute Gasteiger partial charge is 0.222 e. The van der Waals surface area contributed by atoms with E-state index in [9.17, 15) is 9.90 Å². The zero-order chi connectivity index (χ0) is 16.4. The number of β-amino-alcohol motifs (C(OH)–C–C–N with tert-alkyl or cyclic N) is 1. The lowest BCUT2D eigenvalue weighted by Crippen LogP contribution is -2.41. The molecule has 0 saturated carbocycles. The van der Waals surface area contributed by atoms with Crippen molar-refractivity contribution in [3.05, 3.63) is 16.9 Å². The number of halogens is 1. The average molecular weight is 385 g/mol. The van der Waals surface area contributed by atoms with Crippen LogP contribution in [0.25, 0.3) is 0 Å². The van der Waals surface area contributed by atoms with E-state index in [1.807, 2.05) is 29.0 Å². The van der Waals surface area contributed by atoms with E-state index >= 15 is 0 Å². The molecule has 1 aromatic rings. The molecule has 1 N–H and O–H groups in total. The quantitative estimate of drug-likeness (QED) is 0.846. The molecule has 3 heterocycles. The van der Waals surface area contributed by atoms with Gasteiger partial charge >= 0.3 is 0 Å². The van der Waals surface area contributed by atoms with Crippen LogP contribution in [-0.4, -0.2) is 69.9 Å². The number of aromatic nitrogens is 2. The van der Waals surface area contributed by atoms with Gasteiger partial charge in [0, 0.05) is 51.3 Å². The highest BCUT2D eigenvalue weighted by Crippen LogP contribution is 2.24. The van der Waals surface area contributed by atoms with Gasteiger partial charge in [-0.3, -0.25) is 9.48 Å². The topological polar surface area (TPSA) is 61.6 Å². The minimum Gasteiger partial charge on any atom is -0.391 e. The molecule has 3 rings (SSSR count). The van der Waals surface area contributed by atoms with Gasteiger partial charge in [0.15, 0.2) is 0 Å². The van der Waals surface area contributed by atoms with E-state index < -0.39 is 0 Å². The second-order valence-corrected chi connectivity index (χ2v) is 7.87. The van der Waals surface area contributed by atoms with Crippen LogP contribution in [0, 0.1) is 11.8 Å². The normalized spacial score (nSPS) is 26.8. The summed E-state index contributed by atoms with van der Waals surface area (Å²) in [4.78, 5) is 16.5. The SMILES string of the molecule is CN1C[C@@H](CC(=O)N2CCC(Cn3cc(Br)cn3)CC2)[C@H](O)C1. The van der Waals surface area contributed by atoms with E-state index in [0.717, 1.165) is 43.5 Å².